The predicted molar refractivity (Wildman–Crippen MR) is 161 cm³/mol. The lowest BCUT2D eigenvalue weighted by molar-refractivity contribution is 0.0696. The lowest BCUT2D eigenvalue weighted by atomic mass is 10.1. The molecular formula is C28H22N6O3S2. The second-order valence-electron chi connectivity index (χ2n) is 8.13. The molecule has 0 aliphatic rings. The summed E-state index contributed by atoms with van der Waals surface area (Å²) < 4.78 is 0. The van der Waals surface area contributed by atoms with Crippen molar-refractivity contribution in [1.29, 1.82) is 0 Å². The minimum Gasteiger partial charge on any atom is -0.478 e. The van der Waals surface area contributed by atoms with E-state index in [-0.39, 0.29) is 27.0 Å². The molecule has 0 aliphatic carbocycles. The smallest absolute Gasteiger partial charge is 0.335 e. The molecule has 4 aromatic rings. The number of amides is 1. The van der Waals surface area contributed by atoms with E-state index in [1.165, 1.54) is 24.4 Å². The number of hydrogen-bond acceptors (Lipinski definition) is 6. The Kier molecular flexibility index (Phi) is 8.67. The largest absolute Gasteiger partial charge is 0.478 e. The Bertz CT molecular complexity index is 1560. The summed E-state index contributed by atoms with van der Waals surface area (Å²) in [5.41, 5.74) is 10.0. The van der Waals surface area contributed by atoms with Gasteiger partial charge in [0.25, 0.3) is 5.91 Å². The van der Waals surface area contributed by atoms with Crippen molar-refractivity contribution in [3.05, 3.63) is 108 Å². The molecule has 0 bridgehead atoms. The Morgan fingerprint density at radius 1 is 0.846 bits per heavy atom. The van der Waals surface area contributed by atoms with Gasteiger partial charge in [0.05, 0.1) is 16.8 Å². The van der Waals surface area contributed by atoms with E-state index in [1.807, 2.05) is 48.5 Å². The summed E-state index contributed by atoms with van der Waals surface area (Å²) in [6.07, 6.45) is 4.73. The second kappa shape index (κ2) is 12.5. The minimum atomic E-state index is -1.13. The van der Waals surface area contributed by atoms with Gasteiger partial charge in [-0.1, -0.05) is 24.3 Å². The Morgan fingerprint density at radius 2 is 1.44 bits per heavy atom. The SMILES string of the molecule is NC(=S)Nc1ccc(-c2ccc(NC(=S)NC(=O)c3ccc(C(=O)O)cc3N=Cc3ccncc3)cc2)cc1. The van der Waals surface area contributed by atoms with Crippen LogP contribution in [0.25, 0.3) is 11.1 Å². The summed E-state index contributed by atoms with van der Waals surface area (Å²) in [5.74, 6) is -1.66. The Hall–Kier alpha value is -5.00. The average molecular weight is 555 g/mol. The molecule has 0 unspecified atom stereocenters. The van der Waals surface area contributed by atoms with Gasteiger partial charge in [-0.2, -0.15) is 0 Å². The lowest BCUT2D eigenvalue weighted by Crippen LogP contribution is -2.34. The highest BCUT2D eigenvalue weighted by atomic mass is 32.1. The number of aliphatic imine (C=N–C) groups is 1. The van der Waals surface area contributed by atoms with Crippen molar-refractivity contribution in [2.45, 2.75) is 0 Å². The molecule has 39 heavy (non-hydrogen) atoms. The standard InChI is InChI=1S/C28H22N6O3S2/c29-27(38)32-21-6-1-18(2-7-21)19-3-8-22(9-4-19)33-28(39)34-25(35)23-10-5-20(26(36)37)15-24(23)31-16-17-11-13-30-14-12-17/h1-16H,(H,36,37)(H3,29,32,38)(H2,33,34,35,39). The summed E-state index contributed by atoms with van der Waals surface area (Å²) in [5, 5.41) is 18.1. The summed E-state index contributed by atoms with van der Waals surface area (Å²) >= 11 is 10.2. The van der Waals surface area contributed by atoms with Crippen molar-refractivity contribution in [1.82, 2.24) is 10.3 Å². The normalized spacial score (nSPS) is 10.6. The fourth-order valence-corrected chi connectivity index (χ4v) is 3.85. The van der Waals surface area contributed by atoms with E-state index in [1.54, 1.807) is 24.5 Å². The molecule has 194 valence electrons. The van der Waals surface area contributed by atoms with Crippen molar-refractivity contribution >= 4 is 69.8 Å². The minimum absolute atomic E-state index is 0.00274. The van der Waals surface area contributed by atoms with Gasteiger partial charge in [-0.3, -0.25) is 20.1 Å². The van der Waals surface area contributed by atoms with Crippen molar-refractivity contribution in [3.63, 3.8) is 0 Å². The molecule has 1 heterocycles. The molecule has 0 radical (unpaired) electrons. The third-order valence-electron chi connectivity index (χ3n) is 5.40. The van der Waals surface area contributed by atoms with Gasteiger partial charge in [0, 0.05) is 30.0 Å². The van der Waals surface area contributed by atoms with Crippen LogP contribution < -0.4 is 21.7 Å². The highest BCUT2D eigenvalue weighted by molar-refractivity contribution is 7.80. The van der Waals surface area contributed by atoms with Gasteiger partial charge in [-0.05, 0) is 95.7 Å². The third-order valence-corrected chi connectivity index (χ3v) is 5.71. The lowest BCUT2D eigenvalue weighted by Gasteiger charge is -2.12. The van der Waals surface area contributed by atoms with Crippen LogP contribution in [0.4, 0.5) is 17.1 Å². The molecule has 1 amide bonds. The summed E-state index contributed by atoms with van der Waals surface area (Å²) in [6, 6.07) is 22.7. The van der Waals surface area contributed by atoms with E-state index in [9.17, 15) is 14.7 Å². The number of hydrogen-bond donors (Lipinski definition) is 5. The maximum absolute atomic E-state index is 13.0. The highest BCUT2D eigenvalue weighted by Gasteiger charge is 2.15. The molecule has 6 N–H and O–H groups in total. The second-order valence-corrected chi connectivity index (χ2v) is 8.98. The first-order valence-corrected chi connectivity index (χ1v) is 12.3. The van der Waals surface area contributed by atoms with Gasteiger partial charge in [-0.25, -0.2) is 4.79 Å². The zero-order valence-corrected chi connectivity index (χ0v) is 21.9. The first-order valence-electron chi connectivity index (χ1n) is 11.5. The van der Waals surface area contributed by atoms with Crippen LogP contribution in [0.3, 0.4) is 0 Å². The number of anilines is 2. The summed E-state index contributed by atoms with van der Waals surface area (Å²) in [6.45, 7) is 0. The quantitative estimate of drug-likeness (QED) is 0.158. The monoisotopic (exact) mass is 554 g/mol. The molecular weight excluding hydrogens is 532 g/mol. The number of carbonyl (C=O) groups is 2. The molecule has 3 aromatic carbocycles. The van der Waals surface area contributed by atoms with Crippen LogP contribution in [0.2, 0.25) is 0 Å². The molecule has 0 fully saturated rings. The van der Waals surface area contributed by atoms with Crippen molar-refractivity contribution < 1.29 is 14.7 Å². The number of nitrogens with two attached hydrogens (primary N) is 1. The first kappa shape index (κ1) is 27.0. The van der Waals surface area contributed by atoms with Crippen molar-refractivity contribution in [3.8, 4) is 11.1 Å². The number of thiocarbonyl (C=S) groups is 2. The number of rotatable bonds is 7. The summed E-state index contributed by atoms with van der Waals surface area (Å²) in [7, 11) is 0. The van der Waals surface area contributed by atoms with Crippen molar-refractivity contribution in [2.24, 2.45) is 10.7 Å². The zero-order valence-electron chi connectivity index (χ0n) is 20.3. The first-order chi connectivity index (χ1) is 18.8. The third kappa shape index (κ3) is 7.51. The topological polar surface area (TPSA) is 142 Å². The molecule has 11 heteroatoms. The number of pyridine rings is 1. The number of carboxylic acids is 1. The van der Waals surface area contributed by atoms with E-state index in [0.29, 0.717) is 5.69 Å². The fourth-order valence-electron chi connectivity index (χ4n) is 3.52. The number of carboxylic acid groups (broad SMARTS) is 1. The predicted octanol–water partition coefficient (Wildman–Crippen LogP) is 4.98. The molecule has 0 saturated carbocycles. The van der Waals surface area contributed by atoms with Gasteiger partial charge in [0.1, 0.15) is 0 Å². The number of carbonyl (C=O) groups excluding carboxylic acids is 1. The summed E-state index contributed by atoms with van der Waals surface area (Å²) in [4.78, 5) is 32.7. The van der Waals surface area contributed by atoms with Crippen LogP contribution in [-0.4, -0.2) is 38.4 Å². The van der Waals surface area contributed by atoms with Crippen LogP contribution in [-0.2, 0) is 0 Å². The molecule has 0 saturated heterocycles. The van der Waals surface area contributed by atoms with Crippen molar-refractivity contribution in [2.75, 3.05) is 10.6 Å². The molecule has 1 aromatic heterocycles. The Morgan fingerprint density at radius 3 is 2.00 bits per heavy atom. The maximum Gasteiger partial charge on any atom is 0.335 e. The molecule has 0 spiro atoms. The number of benzene rings is 3. The average Bonchev–Trinajstić information content (AvgIpc) is 2.92. The maximum atomic E-state index is 13.0. The molecule has 0 atom stereocenters. The highest BCUT2D eigenvalue weighted by Crippen LogP contribution is 2.24. The van der Waals surface area contributed by atoms with Gasteiger partial charge >= 0.3 is 5.97 Å². The Labute approximate surface area is 234 Å². The van der Waals surface area contributed by atoms with Gasteiger partial charge < -0.3 is 21.5 Å². The van der Waals surface area contributed by atoms with Gasteiger partial charge in [-0.15, -0.1) is 0 Å². The zero-order chi connectivity index (χ0) is 27.8. The number of aromatic carboxylic acids is 1. The Balaban J connectivity index is 1.44. The van der Waals surface area contributed by atoms with E-state index in [0.717, 1.165) is 22.4 Å². The molecule has 9 nitrogen and oxygen atoms in total. The number of nitrogens with zero attached hydrogens (tertiary/aromatic N) is 2. The van der Waals surface area contributed by atoms with Crippen LogP contribution in [0.15, 0.2) is 96.2 Å². The van der Waals surface area contributed by atoms with Crippen LogP contribution in [0.1, 0.15) is 26.3 Å². The van der Waals surface area contributed by atoms with Gasteiger partial charge in [0.2, 0.25) is 0 Å². The van der Waals surface area contributed by atoms with E-state index < -0.39 is 11.9 Å². The van der Waals surface area contributed by atoms with Crippen LogP contribution in [0.5, 0.6) is 0 Å². The number of nitrogens with one attached hydrogen (secondary N) is 3. The van der Waals surface area contributed by atoms with E-state index in [4.69, 9.17) is 30.2 Å². The van der Waals surface area contributed by atoms with E-state index >= 15 is 0 Å². The van der Waals surface area contributed by atoms with E-state index in [2.05, 4.69) is 25.9 Å². The fraction of sp³-hybridized carbons (Fsp3) is 0. The molecule has 0 aliphatic heterocycles. The van der Waals surface area contributed by atoms with Gasteiger partial charge in [0.15, 0.2) is 10.2 Å². The van der Waals surface area contributed by atoms with Crippen LogP contribution >= 0.6 is 24.4 Å². The van der Waals surface area contributed by atoms with Crippen LogP contribution in [0, 0.1) is 0 Å². The number of aromatic nitrogens is 1. The molecule has 4 rings (SSSR count).